The van der Waals surface area contributed by atoms with Crippen LogP contribution in [0.5, 0.6) is 0 Å². The van der Waals surface area contributed by atoms with Gasteiger partial charge in [-0.15, -0.1) is 0 Å². The minimum Gasteiger partial charge on any atom is -0.369 e. The first-order valence-electron chi connectivity index (χ1n) is 11.1. The summed E-state index contributed by atoms with van der Waals surface area (Å²) in [5.74, 6) is -0.241. The van der Waals surface area contributed by atoms with Gasteiger partial charge in [0.25, 0.3) is 0 Å². The largest absolute Gasteiger partial charge is 0.369 e. The van der Waals surface area contributed by atoms with Crippen LogP contribution >= 0.6 is 0 Å². The van der Waals surface area contributed by atoms with Crippen LogP contribution in [0.3, 0.4) is 0 Å². The first-order valence-corrected chi connectivity index (χ1v) is 11.1. The lowest BCUT2D eigenvalue weighted by Gasteiger charge is -2.42. The number of hydrogen-bond donors (Lipinski definition) is 3. The fraction of sp³-hybridized carbons (Fsp3) is 0.810. The van der Waals surface area contributed by atoms with Crippen molar-refractivity contribution in [3.63, 3.8) is 0 Å². The number of piperidine rings is 2. The number of nitrogens with one attached hydrogen (secondary N) is 2. The molecule has 3 aliphatic rings. The Bertz CT molecular complexity index is 674. The first kappa shape index (κ1) is 22.5. The Morgan fingerprint density at radius 2 is 1.83 bits per heavy atom. The molecule has 3 rings (SSSR count). The summed E-state index contributed by atoms with van der Waals surface area (Å²) in [6.07, 6.45) is 5.67. The van der Waals surface area contributed by atoms with Crippen molar-refractivity contribution < 1.29 is 19.2 Å². The molecule has 0 aromatic carbocycles. The fourth-order valence-electron chi connectivity index (χ4n) is 5.27. The van der Waals surface area contributed by atoms with Crippen molar-refractivity contribution >= 4 is 23.6 Å². The Kier molecular flexibility index (Phi) is 7.33. The van der Waals surface area contributed by atoms with Gasteiger partial charge in [-0.25, -0.2) is 0 Å². The summed E-state index contributed by atoms with van der Waals surface area (Å²) in [5.41, 5.74) is 4.85. The second kappa shape index (κ2) is 9.76. The zero-order chi connectivity index (χ0) is 21.7. The van der Waals surface area contributed by atoms with Gasteiger partial charge in [0, 0.05) is 39.1 Å². The molecule has 9 nitrogen and oxygen atoms in total. The molecule has 3 heterocycles. The van der Waals surface area contributed by atoms with Gasteiger partial charge in [0.2, 0.25) is 23.6 Å². The van der Waals surface area contributed by atoms with E-state index in [1.165, 1.54) is 0 Å². The van der Waals surface area contributed by atoms with Crippen LogP contribution in [0.2, 0.25) is 0 Å². The van der Waals surface area contributed by atoms with E-state index < -0.39 is 5.41 Å². The maximum Gasteiger partial charge on any atom is 0.239 e. The smallest absolute Gasteiger partial charge is 0.239 e. The topological polar surface area (TPSA) is 125 Å². The minimum absolute atomic E-state index is 0.0226. The molecule has 0 aromatic rings. The second-order valence-corrected chi connectivity index (χ2v) is 9.14. The molecule has 168 valence electrons. The molecule has 4 N–H and O–H groups in total. The standard InChI is InChI=1S/C21H35N5O4/c1-15(27)26-10-7-21(8-11-26)6-3-2-4-16-13-25(14-18(22)28)9-5-17(16)24-19(29)12-23-20(21)30/h16-17H,2-14H2,1H3,(H2,22,28)(H,23,30)(H,24,29)/t16-,17+/m0/s1. The molecule has 0 aliphatic carbocycles. The number of likely N-dealkylation sites (tertiary alicyclic amines) is 2. The van der Waals surface area contributed by atoms with Gasteiger partial charge >= 0.3 is 0 Å². The fourth-order valence-corrected chi connectivity index (χ4v) is 5.27. The molecule has 4 amide bonds. The van der Waals surface area contributed by atoms with Crippen molar-refractivity contribution in [2.24, 2.45) is 17.1 Å². The number of primary amides is 1. The van der Waals surface area contributed by atoms with Gasteiger partial charge in [-0.2, -0.15) is 0 Å². The third kappa shape index (κ3) is 5.50. The number of rotatable bonds is 2. The van der Waals surface area contributed by atoms with Crippen molar-refractivity contribution in [3.05, 3.63) is 0 Å². The highest BCUT2D eigenvalue weighted by atomic mass is 16.2. The molecule has 9 heteroatoms. The average Bonchev–Trinajstić information content (AvgIpc) is 2.70. The molecule has 3 aliphatic heterocycles. The lowest BCUT2D eigenvalue weighted by Crippen LogP contribution is -2.55. The average molecular weight is 422 g/mol. The van der Waals surface area contributed by atoms with Gasteiger partial charge in [0.1, 0.15) is 0 Å². The quantitative estimate of drug-likeness (QED) is 0.559. The third-order valence-electron chi connectivity index (χ3n) is 7.08. The molecule has 0 aromatic heterocycles. The molecule has 3 fully saturated rings. The number of amides is 4. The summed E-state index contributed by atoms with van der Waals surface area (Å²) in [5, 5.41) is 5.95. The third-order valence-corrected chi connectivity index (χ3v) is 7.08. The van der Waals surface area contributed by atoms with E-state index in [0.29, 0.717) is 25.9 Å². The van der Waals surface area contributed by atoms with E-state index in [0.717, 1.165) is 45.2 Å². The van der Waals surface area contributed by atoms with E-state index in [4.69, 9.17) is 5.73 Å². The number of fused-ring (bicyclic) bond motifs is 1. The number of nitrogens with two attached hydrogens (primary N) is 1. The van der Waals surface area contributed by atoms with Crippen molar-refractivity contribution in [1.29, 1.82) is 0 Å². The van der Waals surface area contributed by atoms with E-state index in [1.54, 1.807) is 11.8 Å². The van der Waals surface area contributed by atoms with E-state index in [1.807, 2.05) is 0 Å². The monoisotopic (exact) mass is 421 g/mol. The Morgan fingerprint density at radius 3 is 2.50 bits per heavy atom. The molecule has 0 saturated carbocycles. The Hall–Kier alpha value is -2.16. The van der Waals surface area contributed by atoms with Crippen molar-refractivity contribution in [2.45, 2.75) is 57.9 Å². The normalized spacial score (nSPS) is 28.5. The van der Waals surface area contributed by atoms with Gasteiger partial charge in [-0.3, -0.25) is 24.1 Å². The van der Waals surface area contributed by atoms with E-state index >= 15 is 0 Å². The van der Waals surface area contributed by atoms with Crippen LogP contribution in [0, 0.1) is 11.3 Å². The summed E-state index contributed by atoms with van der Waals surface area (Å²) in [6.45, 7) is 4.44. The predicted octanol–water partition coefficient (Wildman–Crippen LogP) is -0.403. The van der Waals surface area contributed by atoms with E-state index in [2.05, 4.69) is 15.5 Å². The summed E-state index contributed by atoms with van der Waals surface area (Å²) >= 11 is 0. The number of hydrogen-bond acceptors (Lipinski definition) is 5. The number of nitrogens with zero attached hydrogens (tertiary/aromatic N) is 2. The molecule has 30 heavy (non-hydrogen) atoms. The van der Waals surface area contributed by atoms with Crippen molar-refractivity contribution in [3.8, 4) is 0 Å². The second-order valence-electron chi connectivity index (χ2n) is 9.14. The molecule has 3 saturated heterocycles. The van der Waals surface area contributed by atoms with Crippen LogP contribution in [0.25, 0.3) is 0 Å². The van der Waals surface area contributed by atoms with Crippen molar-refractivity contribution in [2.75, 3.05) is 39.3 Å². The SMILES string of the molecule is CC(=O)N1CCC2(CCCC[C@H]3CN(CC(N)=O)CC[C@H]3NC(=O)CNC2=O)CC1. The van der Waals surface area contributed by atoms with Gasteiger partial charge in [0.05, 0.1) is 18.5 Å². The van der Waals surface area contributed by atoms with Gasteiger partial charge in [-0.05, 0) is 38.0 Å². The summed E-state index contributed by atoms with van der Waals surface area (Å²) in [7, 11) is 0. The Morgan fingerprint density at radius 1 is 1.10 bits per heavy atom. The molecule has 0 unspecified atom stereocenters. The van der Waals surface area contributed by atoms with Crippen molar-refractivity contribution in [1.82, 2.24) is 20.4 Å². The zero-order valence-corrected chi connectivity index (χ0v) is 18.0. The lowest BCUT2D eigenvalue weighted by atomic mass is 9.73. The maximum atomic E-state index is 13.0. The van der Waals surface area contributed by atoms with Crippen LogP contribution in [-0.4, -0.2) is 78.7 Å². The van der Waals surface area contributed by atoms with Gasteiger partial charge < -0.3 is 21.3 Å². The summed E-state index contributed by atoms with van der Waals surface area (Å²) < 4.78 is 0. The Labute approximate surface area is 178 Å². The first-order chi connectivity index (χ1) is 14.3. The van der Waals surface area contributed by atoms with E-state index in [9.17, 15) is 19.2 Å². The molecule has 0 radical (unpaired) electrons. The van der Waals surface area contributed by atoms with Crippen LogP contribution < -0.4 is 16.4 Å². The van der Waals surface area contributed by atoms with Gasteiger partial charge in [0.15, 0.2) is 0 Å². The van der Waals surface area contributed by atoms with Gasteiger partial charge in [-0.1, -0.05) is 12.8 Å². The molecule has 1 spiro atoms. The van der Waals surface area contributed by atoms with E-state index in [-0.39, 0.29) is 48.7 Å². The molecular formula is C21H35N5O4. The Balaban J connectivity index is 1.66. The lowest BCUT2D eigenvalue weighted by molar-refractivity contribution is -0.141. The highest BCUT2D eigenvalue weighted by Crippen LogP contribution is 2.38. The highest BCUT2D eigenvalue weighted by Gasteiger charge is 2.42. The molecule has 2 atom stereocenters. The summed E-state index contributed by atoms with van der Waals surface area (Å²) in [6, 6.07) is 0.0609. The van der Waals surface area contributed by atoms with Crippen LogP contribution in [-0.2, 0) is 19.2 Å². The molecule has 0 bridgehead atoms. The summed E-state index contributed by atoms with van der Waals surface area (Å²) in [4.78, 5) is 52.4. The number of carbonyl (C=O) groups is 4. The van der Waals surface area contributed by atoms with Crippen LogP contribution in [0.1, 0.15) is 51.9 Å². The van der Waals surface area contributed by atoms with Crippen LogP contribution in [0.4, 0.5) is 0 Å². The maximum absolute atomic E-state index is 13.0. The zero-order valence-electron chi connectivity index (χ0n) is 18.0. The van der Waals surface area contributed by atoms with Crippen LogP contribution in [0.15, 0.2) is 0 Å². The number of carbonyl (C=O) groups excluding carboxylic acids is 4. The predicted molar refractivity (Wildman–Crippen MR) is 111 cm³/mol. The minimum atomic E-state index is -0.505. The highest BCUT2D eigenvalue weighted by molar-refractivity contribution is 5.88. The molecular weight excluding hydrogens is 386 g/mol.